The van der Waals surface area contributed by atoms with E-state index in [2.05, 4.69) is 4.98 Å². The van der Waals surface area contributed by atoms with Gasteiger partial charge in [-0.05, 0) is 24.3 Å². The minimum absolute atomic E-state index is 0.218. The van der Waals surface area contributed by atoms with Crippen LogP contribution < -0.4 is 11.5 Å². The largest absolute Gasteiger partial charge is 0.508 e. The molecule has 72 valence electrons. The quantitative estimate of drug-likeness (QED) is 0.664. The Hall–Kier alpha value is -1.75. The summed E-state index contributed by atoms with van der Waals surface area (Å²) >= 11 is 1.25. The van der Waals surface area contributed by atoms with Gasteiger partial charge in [0.15, 0.2) is 5.13 Å². The van der Waals surface area contributed by atoms with E-state index in [9.17, 15) is 0 Å². The maximum atomic E-state index is 9.10. The van der Waals surface area contributed by atoms with Gasteiger partial charge in [-0.3, -0.25) is 0 Å². The Morgan fingerprint density at radius 2 is 1.79 bits per heavy atom. The predicted octanol–water partition coefficient (Wildman–Crippen LogP) is 1.68. The summed E-state index contributed by atoms with van der Waals surface area (Å²) in [4.78, 5) is 4.10. The SMILES string of the molecule is Nc1nc(-c2ccc(O)cc2)c(N)s1. The number of aromatic hydroxyl groups is 1. The van der Waals surface area contributed by atoms with Crippen LogP contribution in [0, 0.1) is 0 Å². The molecule has 0 saturated heterocycles. The van der Waals surface area contributed by atoms with E-state index in [1.807, 2.05) is 0 Å². The van der Waals surface area contributed by atoms with Gasteiger partial charge >= 0.3 is 0 Å². The summed E-state index contributed by atoms with van der Waals surface area (Å²) in [5.41, 5.74) is 12.8. The Morgan fingerprint density at radius 1 is 1.14 bits per heavy atom. The molecule has 0 amide bonds. The topological polar surface area (TPSA) is 85.2 Å². The van der Waals surface area contributed by atoms with Crippen molar-refractivity contribution in [3.8, 4) is 17.0 Å². The van der Waals surface area contributed by atoms with Crippen LogP contribution in [-0.4, -0.2) is 10.1 Å². The van der Waals surface area contributed by atoms with Crippen LogP contribution in [0.3, 0.4) is 0 Å². The second-order valence-electron chi connectivity index (χ2n) is 2.81. The van der Waals surface area contributed by atoms with E-state index in [-0.39, 0.29) is 5.75 Å². The fraction of sp³-hybridized carbons (Fsp3) is 0. The molecule has 0 aliphatic carbocycles. The number of nitrogen functional groups attached to an aromatic ring is 2. The molecular formula is C9H9N3OS. The average molecular weight is 207 g/mol. The van der Waals surface area contributed by atoms with Crippen molar-refractivity contribution in [1.82, 2.24) is 4.98 Å². The lowest BCUT2D eigenvalue weighted by Gasteiger charge is -1.97. The summed E-state index contributed by atoms with van der Waals surface area (Å²) in [5, 5.41) is 10.1. The number of nitrogens with two attached hydrogens (primary N) is 2. The Morgan fingerprint density at radius 3 is 2.29 bits per heavy atom. The molecule has 2 rings (SSSR count). The number of aromatic nitrogens is 1. The van der Waals surface area contributed by atoms with Crippen molar-refractivity contribution in [3.63, 3.8) is 0 Å². The van der Waals surface area contributed by atoms with Crippen LogP contribution in [0.15, 0.2) is 24.3 Å². The van der Waals surface area contributed by atoms with Crippen LogP contribution in [-0.2, 0) is 0 Å². The first-order valence-electron chi connectivity index (χ1n) is 3.98. The average Bonchev–Trinajstić information content (AvgIpc) is 2.47. The minimum Gasteiger partial charge on any atom is -0.508 e. The minimum atomic E-state index is 0.218. The van der Waals surface area contributed by atoms with Crippen LogP contribution >= 0.6 is 11.3 Å². The van der Waals surface area contributed by atoms with Gasteiger partial charge in [0.1, 0.15) is 16.4 Å². The summed E-state index contributed by atoms with van der Waals surface area (Å²) in [6, 6.07) is 6.68. The summed E-state index contributed by atoms with van der Waals surface area (Å²) in [5.74, 6) is 0.218. The molecule has 1 aromatic heterocycles. The Labute approximate surface area is 84.8 Å². The third-order valence-corrected chi connectivity index (χ3v) is 2.52. The third-order valence-electron chi connectivity index (χ3n) is 1.81. The van der Waals surface area contributed by atoms with Gasteiger partial charge in [0.05, 0.1) is 0 Å². The van der Waals surface area contributed by atoms with Crippen LogP contribution in [0.2, 0.25) is 0 Å². The normalized spacial score (nSPS) is 10.3. The molecule has 2 aromatic rings. The number of hydrogen-bond acceptors (Lipinski definition) is 5. The van der Waals surface area contributed by atoms with Crippen molar-refractivity contribution in [2.24, 2.45) is 0 Å². The molecule has 0 atom stereocenters. The lowest BCUT2D eigenvalue weighted by molar-refractivity contribution is 0.475. The lowest BCUT2D eigenvalue weighted by Crippen LogP contribution is -1.86. The molecular weight excluding hydrogens is 198 g/mol. The fourth-order valence-corrected chi connectivity index (χ4v) is 1.80. The molecule has 0 saturated carbocycles. The first-order chi connectivity index (χ1) is 6.66. The zero-order chi connectivity index (χ0) is 10.1. The summed E-state index contributed by atoms with van der Waals surface area (Å²) in [7, 11) is 0. The Balaban J connectivity index is 2.49. The van der Waals surface area contributed by atoms with Crippen molar-refractivity contribution >= 4 is 21.5 Å². The molecule has 1 aromatic carbocycles. The van der Waals surface area contributed by atoms with Crippen LogP contribution in [0.4, 0.5) is 10.1 Å². The van der Waals surface area contributed by atoms with Gasteiger partial charge in [0.25, 0.3) is 0 Å². The smallest absolute Gasteiger partial charge is 0.182 e. The van der Waals surface area contributed by atoms with Gasteiger partial charge in [-0.2, -0.15) is 0 Å². The maximum Gasteiger partial charge on any atom is 0.182 e. The summed E-state index contributed by atoms with van der Waals surface area (Å²) in [6.45, 7) is 0. The highest BCUT2D eigenvalue weighted by Gasteiger charge is 2.08. The highest BCUT2D eigenvalue weighted by atomic mass is 32.1. The van der Waals surface area contributed by atoms with E-state index in [1.54, 1.807) is 24.3 Å². The molecule has 0 fully saturated rings. The van der Waals surface area contributed by atoms with E-state index in [1.165, 1.54) is 11.3 Å². The highest BCUT2D eigenvalue weighted by Crippen LogP contribution is 2.32. The monoisotopic (exact) mass is 207 g/mol. The molecule has 5 heteroatoms. The van der Waals surface area contributed by atoms with E-state index >= 15 is 0 Å². The number of phenols is 1. The number of hydrogen-bond donors (Lipinski definition) is 3. The van der Waals surface area contributed by atoms with E-state index in [0.717, 1.165) is 5.56 Å². The Kier molecular flexibility index (Phi) is 2.01. The molecule has 0 aliphatic rings. The number of anilines is 2. The summed E-state index contributed by atoms with van der Waals surface area (Å²) < 4.78 is 0. The number of benzene rings is 1. The number of thiazole rings is 1. The molecule has 4 nitrogen and oxygen atoms in total. The lowest BCUT2D eigenvalue weighted by atomic mass is 10.1. The van der Waals surface area contributed by atoms with Gasteiger partial charge < -0.3 is 16.6 Å². The molecule has 0 radical (unpaired) electrons. The third kappa shape index (κ3) is 1.49. The van der Waals surface area contributed by atoms with Crippen molar-refractivity contribution in [2.75, 3.05) is 11.5 Å². The van der Waals surface area contributed by atoms with Crippen molar-refractivity contribution < 1.29 is 5.11 Å². The van der Waals surface area contributed by atoms with Gasteiger partial charge in [-0.15, -0.1) is 0 Å². The second kappa shape index (κ2) is 3.19. The molecule has 0 bridgehead atoms. The van der Waals surface area contributed by atoms with Crippen molar-refractivity contribution in [3.05, 3.63) is 24.3 Å². The summed E-state index contributed by atoms with van der Waals surface area (Å²) in [6.07, 6.45) is 0. The molecule has 5 N–H and O–H groups in total. The number of nitrogens with zero attached hydrogens (tertiary/aromatic N) is 1. The highest BCUT2D eigenvalue weighted by molar-refractivity contribution is 7.19. The van der Waals surface area contributed by atoms with Crippen molar-refractivity contribution in [2.45, 2.75) is 0 Å². The molecule has 0 spiro atoms. The van der Waals surface area contributed by atoms with Crippen molar-refractivity contribution in [1.29, 1.82) is 0 Å². The van der Waals surface area contributed by atoms with E-state index < -0.39 is 0 Å². The van der Waals surface area contributed by atoms with Gasteiger partial charge in [-0.25, -0.2) is 4.98 Å². The zero-order valence-corrected chi connectivity index (χ0v) is 8.08. The fourth-order valence-electron chi connectivity index (χ4n) is 1.18. The standard InChI is InChI=1S/C9H9N3OS/c10-8-7(12-9(11)14-8)5-1-3-6(13)4-2-5/h1-4,13H,10H2,(H2,11,12). The molecule has 14 heavy (non-hydrogen) atoms. The number of rotatable bonds is 1. The predicted molar refractivity (Wildman–Crippen MR) is 58.0 cm³/mol. The molecule has 1 heterocycles. The first-order valence-corrected chi connectivity index (χ1v) is 4.79. The van der Waals surface area contributed by atoms with Crippen LogP contribution in [0.1, 0.15) is 0 Å². The van der Waals surface area contributed by atoms with Crippen LogP contribution in [0.5, 0.6) is 5.75 Å². The van der Waals surface area contributed by atoms with E-state index in [0.29, 0.717) is 15.8 Å². The van der Waals surface area contributed by atoms with Crippen LogP contribution in [0.25, 0.3) is 11.3 Å². The maximum absolute atomic E-state index is 9.10. The number of phenolic OH excluding ortho intramolecular Hbond substituents is 1. The first kappa shape index (κ1) is 8.83. The van der Waals surface area contributed by atoms with E-state index in [4.69, 9.17) is 16.6 Å². The Bertz CT molecular complexity index is 450. The van der Waals surface area contributed by atoms with Gasteiger partial charge in [0.2, 0.25) is 0 Å². The zero-order valence-electron chi connectivity index (χ0n) is 7.27. The second-order valence-corrected chi connectivity index (χ2v) is 3.87. The van der Waals surface area contributed by atoms with Gasteiger partial charge in [-0.1, -0.05) is 11.3 Å². The molecule has 0 aliphatic heterocycles. The van der Waals surface area contributed by atoms with Gasteiger partial charge in [0, 0.05) is 5.56 Å². The molecule has 0 unspecified atom stereocenters.